The van der Waals surface area contributed by atoms with Crippen LogP contribution in [0.4, 0.5) is 0 Å². The van der Waals surface area contributed by atoms with E-state index in [-0.39, 0.29) is 11.6 Å². The Kier molecular flexibility index (Phi) is 5.49. The van der Waals surface area contributed by atoms with Crippen LogP contribution in [0.2, 0.25) is 0 Å². The summed E-state index contributed by atoms with van der Waals surface area (Å²) in [6, 6.07) is 0. The van der Waals surface area contributed by atoms with Gasteiger partial charge in [0, 0.05) is 38.0 Å². The molecule has 0 aliphatic carbocycles. The minimum absolute atomic E-state index is 0.0236. The second-order valence-corrected chi connectivity index (χ2v) is 5.76. The number of carbonyl (C=O) groups is 2. The van der Waals surface area contributed by atoms with Gasteiger partial charge in [0.25, 0.3) is 0 Å². The van der Waals surface area contributed by atoms with Gasteiger partial charge in [-0.05, 0) is 18.8 Å². The van der Waals surface area contributed by atoms with Crippen LogP contribution in [0.1, 0.15) is 34.8 Å². The molecule has 0 aromatic carbocycles. The van der Waals surface area contributed by atoms with Crippen molar-refractivity contribution in [2.24, 2.45) is 5.92 Å². The molecule has 1 aromatic rings. The third-order valence-corrected chi connectivity index (χ3v) is 4.07. The summed E-state index contributed by atoms with van der Waals surface area (Å²) in [4.78, 5) is 26.4. The normalized spacial score (nSPS) is 18.7. The average molecular weight is 298 g/mol. The van der Waals surface area contributed by atoms with Crippen molar-refractivity contribution >= 4 is 23.2 Å². The zero-order valence-corrected chi connectivity index (χ0v) is 11.9. The molecule has 2 rings (SSSR count). The second kappa shape index (κ2) is 7.35. The summed E-state index contributed by atoms with van der Waals surface area (Å²) in [7, 11) is 0. The molecule has 1 amide bonds. The molecule has 0 spiro atoms. The molecule has 0 bridgehead atoms. The largest absolute Gasteiger partial charge is 0.476 e. The van der Waals surface area contributed by atoms with E-state index in [0.717, 1.165) is 24.5 Å². The van der Waals surface area contributed by atoms with Crippen LogP contribution in [0.3, 0.4) is 0 Å². The lowest BCUT2D eigenvalue weighted by atomic mass is 9.98. The Labute approximate surface area is 121 Å². The van der Waals surface area contributed by atoms with E-state index >= 15 is 0 Å². The number of rotatable bonds is 6. The zero-order chi connectivity index (χ0) is 14.4. The van der Waals surface area contributed by atoms with Crippen LogP contribution in [0, 0.1) is 5.92 Å². The Morgan fingerprint density at radius 2 is 2.40 bits per heavy atom. The van der Waals surface area contributed by atoms with Crippen molar-refractivity contribution in [3.63, 3.8) is 0 Å². The quantitative estimate of drug-likeness (QED) is 0.827. The van der Waals surface area contributed by atoms with Gasteiger partial charge in [0.2, 0.25) is 5.91 Å². The number of nitrogens with zero attached hydrogens (tertiary/aromatic N) is 1. The van der Waals surface area contributed by atoms with Crippen molar-refractivity contribution < 1.29 is 19.4 Å². The maximum absolute atomic E-state index is 11.7. The number of aromatic carboxylic acids is 1. The van der Waals surface area contributed by atoms with Crippen LogP contribution < -0.4 is 5.32 Å². The first-order chi connectivity index (χ1) is 9.65. The van der Waals surface area contributed by atoms with Crippen LogP contribution in [0.5, 0.6) is 0 Å². The Morgan fingerprint density at radius 3 is 3.05 bits per heavy atom. The number of nitrogens with one attached hydrogen (secondary N) is 1. The standard InChI is InChI=1S/C13H18N2O4S/c16-11(6-9-2-1-5-19-7-9)14-4-3-12-15-10(8-20-12)13(17)18/h8-9H,1-7H2,(H,14,16)(H,17,18)/t9-/m0/s1. The third-order valence-electron chi connectivity index (χ3n) is 3.16. The first-order valence-electron chi connectivity index (χ1n) is 6.67. The van der Waals surface area contributed by atoms with Gasteiger partial charge in [-0.15, -0.1) is 11.3 Å². The maximum Gasteiger partial charge on any atom is 0.355 e. The van der Waals surface area contributed by atoms with Gasteiger partial charge in [-0.1, -0.05) is 0 Å². The molecule has 2 heterocycles. The van der Waals surface area contributed by atoms with Crippen LogP contribution in [0.15, 0.2) is 5.38 Å². The van der Waals surface area contributed by atoms with Gasteiger partial charge >= 0.3 is 5.97 Å². The molecule has 1 atom stereocenters. The number of carboxylic acid groups (broad SMARTS) is 1. The van der Waals surface area contributed by atoms with Gasteiger partial charge < -0.3 is 15.2 Å². The van der Waals surface area contributed by atoms with Crippen molar-refractivity contribution in [2.45, 2.75) is 25.7 Å². The highest BCUT2D eigenvalue weighted by Gasteiger charge is 2.17. The van der Waals surface area contributed by atoms with Crippen molar-refractivity contribution in [1.29, 1.82) is 0 Å². The van der Waals surface area contributed by atoms with E-state index < -0.39 is 5.97 Å². The van der Waals surface area contributed by atoms with Gasteiger partial charge in [0.1, 0.15) is 0 Å². The molecule has 2 N–H and O–H groups in total. The first-order valence-corrected chi connectivity index (χ1v) is 7.55. The molecule has 1 aliphatic heterocycles. The fourth-order valence-electron chi connectivity index (χ4n) is 2.14. The van der Waals surface area contributed by atoms with Crippen LogP contribution in [-0.4, -0.2) is 41.7 Å². The van der Waals surface area contributed by atoms with E-state index in [1.54, 1.807) is 0 Å². The summed E-state index contributed by atoms with van der Waals surface area (Å²) >= 11 is 1.30. The van der Waals surface area contributed by atoms with E-state index in [1.165, 1.54) is 16.7 Å². The predicted molar refractivity (Wildman–Crippen MR) is 73.9 cm³/mol. The number of hydrogen-bond acceptors (Lipinski definition) is 5. The number of carboxylic acids is 1. The molecule has 6 nitrogen and oxygen atoms in total. The second-order valence-electron chi connectivity index (χ2n) is 4.82. The Morgan fingerprint density at radius 1 is 1.55 bits per heavy atom. The van der Waals surface area contributed by atoms with Gasteiger partial charge in [0.15, 0.2) is 5.69 Å². The topological polar surface area (TPSA) is 88.5 Å². The number of amides is 1. The van der Waals surface area contributed by atoms with E-state index in [4.69, 9.17) is 9.84 Å². The van der Waals surface area contributed by atoms with Crippen LogP contribution in [0.25, 0.3) is 0 Å². The molecule has 0 saturated carbocycles. The Balaban J connectivity index is 1.66. The molecule has 7 heteroatoms. The SMILES string of the molecule is O=C(C[C@@H]1CCCOC1)NCCc1nc(C(=O)O)cs1. The molecular formula is C13H18N2O4S. The molecular weight excluding hydrogens is 280 g/mol. The zero-order valence-electron chi connectivity index (χ0n) is 11.1. The van der Waals surface area contributed by atoms with Crippen molar-refractivity contribution in [2.75, 3.05) is 19.8 Å². The summed E-state index contributed by atoms with van der Waals surface area (Å²) in [5.41, 5.74) is 0.0654. The maximum atomic E-state index is 11.7. The lowest BCUT2D eigenvalue weighted by Gasteiger charge is -2.21. The molecule has 0 unspecified atom stereocenters. The van der Waals surface area contributed by atoms with Crippen LogP contribution >= 0.6 is 11.3 Å². The monoisotopic (exact) mass is 298 g/mol. The summed E-state index contributed by atoms with van der Waals surface area (Å²) in [5.74, 6) is -0.674. The molecule has 110 valence electrons. The summed E-state index contributed by atoms with van der Waals surface area (Å²) in [5, 5.41) is 13.8. The lowest BCUT2D eigenvalue weighted by Crippen LogP contribution is -2.30. The van der Waals surface area contributed by atoms with Gasteiger partial charge in [0.05, 0.1) is 5.01 Å². The lowest BCUT2D eigenvalue weighted by molar-refractivity contribution is -0.123. The number of ether oxygens (including phenoxy) is 1. The van der Waals surface area contributed by atoms with E-state index in [0.29, 0.717) is 31.9 Å². The molecule has 1 aromatic heterocycles. The number of thiazole rings is 1. The minimum atomic E-state index is -1.02. The average Bonchev–Trinajstić information content (AvgIpc) is 2.89. The predicted octanol–water partition coefficient (Wildman–Crippen LogP) is 1.32. The molecule has 20 heavy (non-hydrogen) atoms. The summed E-state index contributed by atoms with van der Waals surface area (Å²) < 4.78 is 5.34. The number of hydrogen-bond donors (Lipinski definition) is 2. The summed E-state index contributed by atoms with van der Waals surface area (Å²) in [6.07, 6.45) is 3.12. The summed E-state index contributed by atoms with van der Waals surface area (Å²) in [6.45, 7) is 1.95. The number of carbonyl (C=O) groups excluding carboxylic acids is 1. The van der Waals surface area contributed by atoms with Crippen LogP contribution in [-0.2, 0) is 16.0 Å². The Bertz CT molecular complexity index is 469. The Hall–Kier alpha value is -1.47. The molecule has 1 saturated heterocycles. The van der Waals surface area contributed by atoms with Crippen molar-refractivity contribution in [1.82, 2.24) is 10.3 Å². The van der Waals surface area contributed by atoms with E-state index in [2.05, 4.69) is 10.3 Å². The molecule has 1 fully saturated rings. The fourth-order valence-corrected chi connectivity index (χ4v) is 2.91. The molecule has 0 radical (unpaired) electrons. The smallest absolute Gasteiger partial charge is 0.355 e. The van der Waals surface area contributed by atoms with Gasteiger partial charge in [-0.25, -0.2) is 9.78 Å². The first kappa shape index (κ1) is 14.9. The minimum Gasteiger partial charge on any atom is -0.476 e. The van der Waals surface area contributed by atoms with Gasteiger partial charge in [-0.2, -0.15) is 0 Å². The molecule has 1 aliphatic rings. The van der Waals surface area contributed by atoms with E-state index in [9.17, 15) is 9.59 Å². The van der Waals surface area contributed by atoms with Gasteiger partial charge in [-0.3, -0.25) is 4.79 Å². The highest BCUT2D eigenvalue weighted by atomic mass is 32.1. The van der Waals surface area contributed by atoms with Crippen molar-refractivity contribution in [3.8, 4) is 0 Å². The number of aromatic nitrogens is 1. The van der Waals surface area contributed by atoms with Crippen molar-refractivity contribution in [3.05, 3.63) is 16.1 Å². The third kappa shape index (κ3) is 4.57. The fraction of sp³-hybridized carbons (Fsp3) is 0.615. The highest BCUT2D eigenvalue weighted by Crippen LogP contribution is 2.16. The van der Waals surface area contributed by atoms with E-state index in [1.807, 2.05) is 0 Å². The highest BCUT2D eigenvalue weighted by molar-refractivity contribution is 7.09.